The first-order chi connectivity index (χ1) is 7.63. The Balaban J connectivity index is 2.94. The second-order valence-corrected chi connectivity index (χ2v) is 3.24. The molecule has 2 N–H and O–H groups in total. The molecular weight excluding hydrogens is 210 g/mol. The summed E-state index contributed by atoms with van der Waals surface area (Å²) in [6.07, 6.45) is 0. The Bertz CT molecular complexity index is 615. The summed E-state index contributed by atoms with van der Waals surface area (Å²) in [5, 5.41) is 9.43. The topological polar surface area (TPSA) is 79.4 Å². The van der Waals surface area contributed by atoms with Gasteiger partial charge in [-0.05, 0) is 6.07 Å². The van der Waals surface area contributed by atoms with E-state index in [4.69, 9.17) is 9.84 Å². The number of ether oxygens (including phenoxy) is 1. The number of fused-ring (bicyclic) bond motifs is 1. The average Bonchev–Trinajstić information content (AvgIpc) is 2.27. The van der Waals surface area contributed by atoms with Crippen molar-refractivity contribution in [2.45, 2.75) is 0 Å². The lowest BCUT2D eigenvalue weighted by Crippen LogP contribution is -2.10. The van der Waals surface area contributed by atoms with Crippen molar-refractivity contribution in [3.8, 4) is 5.75 Å². The molecule has 0 spiro atoms. The molecule has 82 valence electrons. The number of aromatic amines is 1. The van der Waals surface area contributed by atoms with Crippen LogP contribution in [-0.2, 0) is 0 Å². The molecule has 1 heterocycles. The number of carboxylic acid groups (broad SMARTS) is 1. The van der Waals surface area contributed by atoms with E-state index in [1.807, 2.05) is 0 Å². The summed E-state index contributed by atoms with van der Waals surface area (Å²) in [5.74, 6) is -0.693. The number of pyridine rings is 1. The Morgan fingerprint density at radius 1 is 1.44 bits per heavy atom. The van der Waals surface area contributed by atoms with Gasteiger partial charge in [-0.25, -0.2) is 4.79 Å². The van der Waals surface area contributed by atoms with Crippen molar-refractivity contribution in [1.82, 2.24) is 4.98 Å². The van der Waals surface area contributed by atoms with Crippen LogP contribution < -0.4 is 10.3 Å². The summed E-state index contributed by atoms with van der Waals surface area (Å²) in [4.78, 5) is 24.8. The molecule has 0 radical (unpaired) electrons. The Morgan fingerprint density at radius 2 is 2.19 bits per heavy atom. The second kappa shape index (κ2) is 3.69. The van der Waals surface area contributed by atoms with Crippen molar-refractivity contribution in [3.63, 3.8) is 0 Å². The lowest BCUT2D eigenvalue weighted by Gasteiger charge is -2.06. The number of carboxylic acids is 1. The van der Waals surface area contributed by atoms with E-state index < -0.39 is 11.5 Å². The maximum absolute atomic E-state index is 11.3. The van der Waals surface area contributed by atoms with Gasteiger partial charge in [-0.1, -0.05) is 12.1 Å². The molecule has 0 unspecified atom stereocenters. The highest BCUT2D eigenvalue weighted by Gasteiger charge is 2.12. The Kier molecular flexibility index (Phi) is 2.36. The van der Waals surface area contributed by atoms with Crippen molar-refractivity contribution in [1.29, 1.82) is 0 Å². The number of carbonyl (C=O) groups is 1. The minimum Gasteiger partial charge on any atom is -0.495 e. The molecule has 0 aliphatic heterocycles. The van der Waals surface area contributed by atoms with Gasteiger partial charge in [0.2, 0.25) is 5.56 Å². The Hall–Kier alpha value is -2.30. The normalized spacial score (nSPS) is 10.3. The highest BCUT2D eigenvalue weighted by molar-refractivity contribution is 6.03. The molecule has 0 aliphatic rings. The monoisotopic (exact) mass is 219 g/mol. The van der Waals surface area contributed by atoms with Crippen LogP contribution in [0.25, 0.3) is 10.9 Å². The van der Waals surface area contributed by atoms with Gasteiger partial charge in [0.15, 0.2) is 0 Å². The van der Waals surface area contributed by atoms with Crippen LogP contribution in [0.2, 0.25) is 0 Å². The van der Waals surface area contributed by atoms with Gasteiger partial charge >= 0.3 is 5.97 Å². The van der Waals surface area contributed by atoms with Crippen LogP contribution in [0.5, 0.6) is 5.75 Å². The molecule has 5 heteroatoms. The first kappa shape index (κ1) is 10.2. The molecule has 16 heavy (non-hydrogen) atoms. The minimum atomic E-state index is -1.13. The van der Waals surface area contributed by atoms with Gasteiger partial charge in [-0.2, -0.15) is 0 Å². The zero-order valence-corrected chi connectivity index (χ0v) is 8.48. The van der Waals surface area contributed by atoms with Gasteiger partial charge < -0.3 is 14.8 Å². The van der Waals surface area contributed by atoms with E-state index in [1.54, 1.807) is 18.2 Å². The molecule has 2 aromatic rings. The van der Waals surface area contributed by atoms with Gasteiger partial charge in [-0.15, -0.1) is 0 Å². The molecule has 0 saturated carbocycles. The molecule has 0 aliphatic carbocycles. The number of H-pyrrole nitrogens is 1. The van der Waals surface area contributed by atoms with Crippen LogP contribution in [0.4, 0.5) is 0 Å². The average molecular weight is 219 g/mol. The number of methoxy groups -OCH3 is 1. The SMILES string of the molecule is COc1cccc2c(C(=O)O)cc(=O)[nH]c12. The molecule has 0 bridgehead atoms. The predicted molar refractivity (Wildman–Crippen MR) is 58.1 cm³/mol. The number of hydrogen-bond acceptors (Lipinski definition) is 3. The fourth-order valence-electron chi connectivity index (χ4n) is 1.60. The minimum absolute atomic E-state index is 0.0300. The number of benzene rings is 1. The zero-order chi connectivity index (χ0) is 11.7. The van der Waals surface area contributed by atoms with Crippen LogP contribution in [0.1, 0.15) is 10.4 Å². The van der Waals surface area contributed by atoms with Crippen LogP contribution in [0.15, 0.2) is 29.1 Å². The smallest absolute Gasteiger partial charge is 0.336 e. The van der Waals surface area contributed by atoms with E-state index in [-0.39, 0.29) is 5.56 Å². The molecule has 0 atom stereocenters. The third kappa shape index (κ3) is 1.52. The molecule has 1 aromatic carbocycles. The van der Waals surface area contributed by atoms with E-state index in [9.17, 15) is 9.59 Å². The summed E-state index contributed by atoms with van der Waals surface area (Å²) in [7, 11) is 1.46. The van der Waals surface area contributed by atoms with E-state index in [0.717, 1.165) is 6.07 Å². The highest BCUT2D eigenvalue weighted by atomic mass is 16.5. The number of nitrogens with one attached hydrogen (secondary N) is 1. The fraction of sp³-hybridized carbons (Fsp3) is 0.0909. The first-order valence-electron chi connectivity index (χ1n) is 4.57. The Morgan fingerprint density at radius 3 is 2.81 bits per heavy atom. The molecular formula is C11H9NO4. The van der Waals surface area contributed by atoms with Gasteiger partial charge in [0.05, 0.1) is 18.2 Å². The maximum atomic E-state index is 11.3. The van der Waals surface area contributed by atoms with Gasteiger partial charge in [-0.3, -0.25) is 4.79 Å². The molecule has 0 saturated heterocycles. The standard InChI is InChI=1S/C11H9NO4/c1-16-8-4-2-3-6-7(11(14)15)5-9(13)12-10(6)8/h2-5H,1H3,(H,12,13)(H,14,15). The summed E-state index contributed by atoms with van der Waals surface area (Å²) in [5.41, 5.74) is -0.0954. The molecule has 0 amide bonds. The summed E-state index contributed by atoms with van der Waals surface area (Å²) in [6.45, 7) is 0. The van der Waals surface area contributed by atoms with E-state index in [1.165, 1.54) is 7.11 Å². The highest BCUT2D eigenvalue weighted by Crippen LogP contribution is 2.24. The second-order valence-electron chi connectivity index (χ2n) is 3.24. The maximum Gasteiger partial charge on any atom is 0.336 e. The van der Waals surface area contributed by atoms with Crippen LogP contribution in [0, 0.1) is 0 Å². The lowest BCUT2D eigenvalue weighted by atomic mass is 10.1. The van der Waals surface area contributed by atoms with Gasteiger partial charge in [0.1, 0.15) is 5.75 Å². The van der Waals surface area contributed by atoms with E-state index in [2.05, 4.69) is 4.98 Å². The number of hydrogen-bond donors (Lipinski definition) is 2. The number of rotatable bonds is 2. The van der Waals surface area contributed by atoms with Crippen molar-refractivity contribution >= 4 is 16.9 Å². The van der Waals surface area contributed by atoms with Crippen LogP contribution >= 0.6 is 0 Å². The number of aromatic nitrogens is 1. The van der Waals surface area contributed by atoms with Crippen LogP contribution in [-0.4, -0.2) is 23.2 Å². The van der Waals surface area contributed by atoms with E-state index in [0.29, 0.717) is 16.7 Å². The van der Waals surface area contributed by atoms with E-state index >= 15 is 0 Å². The van der Waals surface area contributed by atoms with Gasteiger partial charge in [0.25, 0.3) is 0 Å². The first-order valence-corrected chi connectivity index (χ1v) is 4.57. The quantitative estimate of drug-likeness (QED) is 0.796. The molecule has 2 rings (SSSR count). The zero-order valence-electron chi connectivity index (χ0n) is 8.48. The summed E-state index contributed by atoms with van der Waals surface area (Å²) in [6, 6.07) is 6.01. The predicted octanol–water partition coefficient (Wildman–Crippen LogP) is 1.23. The molecule has 1 aromatic heterocycles. The lowest BCUT2D eigenvalue weighted by molar-refractivity contribution is 0.0699. The largest absolute Gasteiger partial charge is 0.495 e. The molecule has 0 fully saturated rings. The fourth-order valence-corrected chi connectivity index (χ4v) is 1.60. The molecule has 5 nitrogen and oxygen atoms in total. The third-order valence-corrected chi connectivity index (χ3v) is 2.29. The summed E-state index contributed by atoms with van der Waals surface area (Å²) < 4.78 is 5.05. The summed E-state index contributed by atoms with van der Waals surface area (Å²) >= 11 is 0. The number of para-hydroxylation sites is 1. The van der Waals surface area contributed by atoms with Gasteiger partial charge in [0, 0.05) is 11.5 Å². The van der Waals surface area contributed by atoms with Crippen molar-refractivity contribution in [3.05, 3.63) is 40.2 Å². The van der Waals surface area contributed by atoms with Crippen molar-refractivity contribution < 1.29 is 14.6 Å². The number of aromatic carboxylic acids is 1. The third-order valence-electron chi connectivity index (χ3n) is 2.29. The Labute approximate surface area is 90.3 Å². The van der Waals surface area contributed by atoms with Crippen molar-refractivity contribution in [2.75, 3.05) is 7.11 Å². The van der Waals surface area contributed by atoms with Crippen LogP contribution in [0.3, 0.4) is 0 Å². The van der Waals surface area contributed by atoms with Crippen molar-refractivity contribution in [2.24, 2.45) is 0 Å².